The fourth-order valence-corrected chi connectivity index (χ4v) is 0.925. The van der Waals surface area contributed by atoms with Gasteiger partial charge in [0.2, 0.25) is 5.69 Å². The Kier molecular flexibility index (Phi) is 1.90. The predicted molar refractivity (Wildman–Crippen MR) is 42.3 cm³/mol. The summed E-state index contributed by atoms with van der Waals surface area (Å²) in [6, 6.07) is 3.18. The maximum absolute atomic E-state index is 10.6. The maximum atomic E-state index is 10.6. The van der Waals surface area contributed by atoms with Gasteiger partial charge < -0.3 is 5.11 Å². The molecule has 1 N–H and O–H groups in total. The van der Waals surface area contributed by atoms with Crippen LogP contribution >= 0.6 is 0 Å². The quantitative estimate of drug-likeness (QED) is 0.726. The largest absolute Gasteiger partial charge is 0.476 e. The second-order valence-corrected chi connectivity index (χ2v) is 2.38. The minimum absolute atomic E-state index is 0.0746. The lowest BCUT2D eigenvalue weighted by molar-refractivity contribution is 0.0685. The molecule has 0 aliphatic heterocycles. The molecule has 0 aliphatic rings. The molecule has 0 spiro atoms. The van der Waals surface area contributed by atoms with Crippen LogP contribution in [0.3, 0.4) is 0 Å². The predicted octanol–water partition coefficient (Wildman–Crippen LogP) is 0.225. The normalized spacial score (nSPS) is 10.0. The summed E-state index contributed by atoms with van der Waals surface area (Å²) in [6.07, 6.45) is 1.47. The zero-order chi connectivity index (χ0) is 9.97. The maximum Gasteiger partial charge on any atom is 0.360 e. The van der Waals surface area contributed by atoms with Crippen LogP contribution in [0.4, 0.5) is 0 Å². The van der Waals surface area contributed by atoms with Crippen molar-refractivity contribution in [3.8, 4) is 11.4 Å². The minimum atomic E-state index is -1.22. The molecule has 0 unspecified atom stereocenters. The highest BCUT2D eigenvalue weighted by Gasteiger charge is 2.19. The summed E-state index contributed by atoms with van der Waals surface area (Å²) in [5, 5.41) is 22.7. The molecule has 0 bridgehead atoms. The molecule has 0 aliphatic carbocycles. The van der Waals surface area contributed by atoms with Crippen molar-refractivity contribution in [1.29, 1.82) is 0 Å². The smallest absolute Gasteiger partial charge is 0.360 e. The first-order valence-corrected chi connectivity index (χ1v) is 3.63. The van der Waals surface area contributed by atoms with Gasteiger partial charge in [-0.1, -0.05) is 0 Å². The second kappa shape index (κ2) is 3.21. The number of carboxylic acids is 1. The topological polar surface area (TPSA) is 102 Å². The number of aromatic nitrogens is 4. The van der Waals surface area contributed by atoms with Crippen molar-refractivity contribution in [2.75, 3.05) is 0 Å². The van der Waals surface area contributed by atoms with Gasteiger partial charge in [0.1, 0.15) is 5.69 Å². The third kappa shape index (κ3) is 1.30. The van der Waals surface area contributed by atoms with E-state index in [1.165, 1.54) is 6.20 Å². The molecule has 7 nitrogen and oxygen atoms in total. The number of rotatable bonds is 2. The highest BCUT2D eigenvalue weighted by atomic mass is 16.6. The van der Waals surface area contributed by atoms with Gasteiger partial charge in [-0.15, -0.1) is 5.10 Å². The van der Waals surface area contributed by atoms with Crippen molar-refractivity contribution in [1.82, 2.24) is 20.5 Å². The molecule has 2 heterocycles. The Morgan fingerprint density at radius 2 is 2.29 bits per heavy atom. The van der Waals surface area contributed by atoms with E-state index in [2.05, 4.69) is 25.1 Å². The van der Waals surface area contributed by atoms with Crippen molar-refractivity contribution in [2.24, 2.45) is 0 Å². The molecule has 0 atom stereocenters. The highest BCUT2D eigenvalue weighted by Crippen LogP contribution is 2.16. The second-order valence-electron chi connectivity index (χ2n) is 2.38. The average Bonchev–Trinajstić information content (AvgIpc) is 2.67. The summed E-state index contributed by atoms with van der Waals surface area (Å²) in [6.45, 7) is 0. The van der Waals surface area contributed by atoms with Gasteiger partial charge in [0, 0.05) is 6.20 Å². The van der Waals surface area contributed by atoms with E-state index in [0.717, 1.165) is 0 Å². The molecule has 2 rings (SSSR count). The summed E-state index contributed by atoms with van der Waals surface area (Å²) in [7, 11) is 0. The monoisotopic (exact) mass is 192 g/mol. The molecule has 0 amide bonds. The van der Waals surface area contributed by atoms with Gasteiger partial charge in [-0.2, -0.15) is 5.10 Å². The van der Waals surface area contributed by atoms with Crippen molar-refractivity contribution >= 4 is 5.97 Å². The Labute approximate surface area is 77.4 Å². The van der Waals surface area contributed by atoms with Crippen LogP contribution in [0, 0.1) is 0 Å². The van der Waals surface area contributed by atoms with Gasteiger partial charge in [-0.25, -0.2) is 9.42 Å². The lowest BCUT2D eigenvalue weighted by Crippen LogP contribution is -2.00. The van der Waals surface area contributed by atoms with Gasteiger partial charge in [0.25, 0.3) is 0 Å². The summed E-state index contributed by atoms with van der Waals surface area (Å²) < 4.78 is 4.31. The Morgan fingerprint density at radius 3 is 2.93 bits per heavy atom. The Hall–Kier alpha value is -2.31. The van der Waals surface area contributed by atoms with Crippen molar-refractivity contribution in [3.05, 3.63) is 24.0 Å². The van der Waals surface area contributed by atoms with E-state index < -0.39 is 5.97 Å². The van der Waals surface area contributed by atoms with Gasteiger partial charge in [-0.3, -0.25) is 0 Å². The van der Waals surface area contributed by atoms with Crippen molar-refractivity contribution in [2.45, 2.75) is 0 Å². The number of nitrogens with zero attached hydrogens (tertiary/aromatic N) is 4. The minimum Gasteiger partial charge on any atom is -0.476 e. The third-order valence-corrected chi connectivity index (χ3v) is 1.51. The molecule has 2 aromatic rings. The molecule has 0 radical (unpaired) electrons. The van der Waals surface area contributed by atoms with Crippen LogP contribution in [-0.4, -0.2) is 31.6 Å². The van der Waals surface area contributed by atoms with Gasteiger partial charge in [0.15, 0.2) is 5.69 Å². The van der Waals surface area contributed by atoms with Crippen LogP contribution in [0.2, 0.25) is 0 Å². The number of carboxylic acid groups (broad SMARTS) is 1. The molecule has 0 saturated carbocycles. The molecule has 2 aromatic heterocycles. The summed E-state index contributed by atoms with van der Waals surface area (Å²) in [4.78, 5) is 10.6. The van der Waals surface area contributed by atoms with Crippen LogP contribution < -0.4 is 0 Å². The first-order chi connectivity index (χ1) is 6.79. The van der Waals surface area contributed by atoms with Crippen molar-refractivity contribution in [3.63, 3.8) is 0 Å². The Bertz CT molecular complexity index is 453. The van der Waals surface area contributed by atoms with E-state index in [1.54, 1.807) is 12.1 Å². The number of aromatic carboxylic acids is 1. The fraction of sp³-hybridized carbons (Fsp3) is 0. The van der Waals surface area contributed by atoms with Crippen LogP contribution in [0.15, 0.2) is 23.0 Å². The summed E-state index contributed by atoms with van der Waals surface area (Å²) in [5.41, 5.74) is 0.113. The Balaban J connectivity index is 2.52. The molecule has 0 aromatic carbocycles. The van der Waals surface area contributed by atoms with Crippen molar-refractivity contribution < 1.29 is 14.5 Å². The molecule has 0 saturated heterocycles. The number of hydrogen-bond acceptors (Lipinski definition) is 6. The van der Waals surface area contributed by atoms with Crippen LogP contribution in [0.25, 0.3) is 11.4 Å². The van der Waals surface area contributed by atoms with Gasteiger partial charge >= 0.3 is 5.97 Å². The lowest BCUT2D eigenvalue weighted by Gasteiger charge is -1.91. The standard InChI is InChI=1S/C7H4N4O3/c12-7(13)6-5(10-14-11-6)4-2-1-3-8-9-4/h1-3H,(H,12,13). The van der Waals surface area contributed by atoms with E-state index in [-0.39, 0.29) is 11.4 Å². The summed E-state index contributed by atoms with van der Waals surface area (Å²) in [5.74, 6) is -1.22. The zero-order valence-corrected chi connectivity index (χ0v) is 6.78. The molecular formula is C7H4N4O3. The first-order valence-electron chi connectivity index (χ1n) is 3.63. The third-order valence-electron chi connectivity index (χ3n) is 1.51. The highest BCUT2D eigenvalue weighted by molar-refractivity contribution is 5.91. The number of hydrogen-bond donors (Lipinski definition) is 1. The molecule has 7 heteroatoms. The molecular weight excluding hydrogens is 188 g/mol. The van der Waals surface area contributed by atoms with E-state index in [0.29, 0.717) is 5.69 Å². The SMILES string of the molecule is O=C(O)c1nonc1-c1cccnn1. The average molecular weight is 192 g/mol. The van der Waals surface area contributed by atoms with Crippen LogP contribution in [-0.2, 0) is 0 Å². The van der Waals surface area contributed by atoms with Gasteiger partial charge in [0.05, 0.1) is 0 Å². The van der Waals surface area contributed by atoms with Gasteiger partial charge in [-0.05, 0) is 22.4 Å². The number of carbonyl (C=O) groups is 1. The van der Waals surface area contributed by atoms with E-state index in [1.807, 2.05) is 0 Å². The van der Waals surface area contributed by atoms with E-state index >= 15 is 0 Å². The van der Waals surface area contributed by atoms with Crippen LogP contribution in [0.5, 0.6) is 0 Å². The van der Waals surface area contributed by atoms with Crippen LogP contribution in [0.1, 0.15) is 10.5 Å². The fourth-order valence-electron chi connectivity index (χ4n) is 0.925. The molecule has 70 valence electrons. The summed E-state index contributed by atoms with van der Waals surface area (Å²) >= 11 is 0. The zero-order valence-electron chi connectivity index (χ0n) is 6.78. The van der Waals surface area contributed by atoms with E-state index in [9.17, 15) is 4.79 Å². The molecule has 14 heavy (non-hydrogen) atoms. The van der Waals surface area contributed by atoms with E-state index in [4.69, 9.17) is 5.11 Å². The first kappa shape index (κ1) is 8.30. The lowest BCUT2D eigenvalue weighted by atomic mass is 10.2. The Morgan fingerprint density at radius 1 is 1.43 bits per heavy atom. The molecule has 0 fully saturated rings.